The summed E-state index contributed by atoms with van der Waals surface area (Å²) in [5.74, 6) is -0.550. The number of carbonyl (C=O) groups excluding carboxylic acids is 2. The summed E-state index contributed by atoms with van der Waals surface area (Å²) in [5, 5.41) is 8.75. The fourth-order valence-corrected chi connectivity index (χ4v) is 4.34. The van der Waals surface area contributed by atoms with Gasteiger partial charge in [0.25, 0.3) is 5.91 Å². The highest BCUT2D eigenvalue weighted by Gasteiger charge is 2.23. The van der Waals surface area contributed by atoms with Crippen LogP contribution in [0.1, 0.15) is 32.0 Å². The Bertz CT molecular complexity index is 1230. The molecule has 27 heavy (non-hydrogen) atoms. The predicted octanol–water partition coefficient (Wildman–Crippen LogP) is 1.99. The number of fused-ring (bicyclic) bond motifs is 3. The molecule has 0 unspecified atom stereocenters. The van der Waals surface area contributed by atoms with E-state index in [9.17, 15) is 18.0 Å². The number of benzene rings is 2. The number of aromatic amines is 1. The van der Waals surface area contributed by atoms with E-state index in [2.05, 4.69) is 10.3 Å². The second-order valence-electron chi connectivity index (χ2n) is 6.26. The van der Waals surface area contributed by atoms with Crippen LogP contribution in [0.3, 0.4) is 0 Å². The molecule has 0 saturated carbocycles. The largest absolute Gasteiger partial charge is 0.350 e. The highest BCUT2D eigenvalue weighted by molar-refractivity contribution is 7.89. The molecule has 0 aliphatic carbocycles. The third kappa shape index (κ3) is 3.01. The molecule has 9 heteroatoms. The number of nitrogens with one attached hydrogen (secondary N) is 2. The minimum atomic E-state index is -4.05. The van der Waals surface area contributed by atoms with Gasteiger partial charge in [0.1, 0.15) is 10.6 Å². The van der Waals surface area contributed by atoms with Gasteiger partial charge in [-0.15, -0.1) is 0 Å². The van der Waals surface area contributed by atoms with Crippen LogP contribution in [-0.4, -0.2) is 31.6 Å². The van der Waals surface area contributed by atoms with Crippen molar-refractivity contribution in [1.29, 1.82) is 0 Å². The molecule has 1 aliphatic rings. The Labute approximate surface area is 159 Å². The van der Waals surface area contributed by atoms with Gasteiger partial charge >= 0.3 is 0 Å². The number of sulfonamides is 1. The molecule has 2 heterocycles. The maximum atomic E-state index is 12.8. The van der Waals surface area contributed by atoms with E-state index in [1.807, 2.05) is 0 Å². The normalized spacial score (nSPS) is 14.1. The van der Waals surface area contributed by atoms with Crippen LogP contribution in [0.25, 0.3) is 10.9 Å². The van der Waals surface area contributed by atoms with Gasteiger partial charge in [-0.3, -0.25) is 9.59 Å². The van der Waals surface area contributed by atoms with E-state index in [4.69, 9.17) is 16.7 Å². The second kappa shape index (κ2) is 6.19. The van der Waals surface area contributed by atoms with Crippen molar-refractivity contribution in [3.05, 3.63) is 63.8 Å². The lowest BCUT2D eigenvalue weighted by atomic mass is 9.99. The fourth-order valence-electron chi connectivity index (χ4n) is 3.27. The van der Waals surface area contributed by atoms with Crippen LogP contribution in [0, 0.1) is 0 Å². The molecule has 4 rings (SSSR count). The molecule has 2 aromatic carbocycles. The molecule has 138 valence electrons. The number of halogens is 1. The first-order valence-corrected chi connectivity index (χ1v) is 9.98. The number of nitrogens with two attached hydrogens (primary N) is 1. The summed E-state index contributed by atoms with van der Waals surface area (Å²) < 4.78 is 23.2. The number of hydrogen-bond acceptors (Lipinski definition) is 4. The molecular formula is C18H14ClN3O4S. The quantitative estimate of drug-likeness (QED) is 0.578. The molecule has 7 nitrogen and oxygen atoms in total. The second-order valence-corrected chi connectivity index (χ2v) is 8.20. The van der Waals surface area contributed by atoms with Crippen molar-refractivity contribution in [1.82, 2.24) is 10.3 Å². The average molecular weight is 404 g/mol. The van der Waals surface area contributed by atoms with E-state index < -0.39 is 10.0 Å². The summed E-state index contributed by atoms with van der Waals surface area (Å²) in [6.45, 7) is 0.570. The zero-order chi connectivity index (χ0) is 19.3. The number of hydrogen-bond donors (Lipinski definition) is 3. The lowest BCUT2D eigenvalue weighted by Crippen LogP contribution is -2.31. The Balaban J connectivity index is 1.79. The molecule has 1 amide bonds. The lowest BCUT2D eigenvalue weighted by Gasteiger charge is -2.11. The topological polar surface area (TPSA) is 122 Å². The number of H-pyrrole nitrogens is 1. The first-order chi connectivity index (χ1) is 12.8. The predicted molar refractivity (Wildman–Crippen MR) is 101 cm³/mol. The van der Waals surface area contributed by atoms with Crippen molar-refractivity contribution in [2.24, 2.45) is 5.14 Å². The third-order valence-electron chi connectivity index (χ3n) is 4.56. The van der Waals surface area contributed by atoms with Crippen LogP contribution in [0.5, 0.6) is 0 Å². The SMILES string of the molecule is NS(=O)(=O)c1cc(C(=O)c2ccc3c4c([nH]c3c2)C(=O)NCC4)ccc1Cl. The standard InChI is InChI=1S/C18H14ClN3O4S/c19-13-4-2-10(8-15(13)27(20,25)26)17(23)9-1-3-11-12-5-6-21-18(24)16(12)22-14(11)7-9/h1-4,7-8,22H,5-6H2,(H,21,24)(H2,20,25,26). The van der Waals surface area contributed by atoms with Crippen LogP contribution in [0.2, 0.25) is 5.02 Å². The van der Waals surface area contributed by atoms with E-state index in [0.29, 0.717) is 29.7 Å². The van der Waals surface area contributed by atoms with Gasteiger partial charge < -0.3 is 10.3 Å². The summed E-state index contributed by atoms with van der Waals surface area (Å²) in [6.07, 6.45) is 0.712. The van der Waals surface area contributed by atoms with E-state index in [0.717, 1.165) is 17.0 Å². The molecule has 0 bridgehead atoms. The Kier molecular flexibility index (Phi) is 4.06. The summed E-state index contributed by atoms with van der Waals surface area (Å²) in [4.78, 5) is 27.5. The Morgan fingerprint density at radius 3 is 2.56 bits per heavy atom. The van der Waals surface area contributed by atoms with Crippen molar-refractivity contribution < 1.29 is 18.0 Å². The molecule has 0 fully saturated rings. The van der Waals surface area contributed by atoms with Crippen LogP contribution in [0.4, 0.5) is 0 Å². The third-order valence-corrected chi connectivity index (χ3v) is 5.95. The smallest absolute Gasteiger partial charge is 0.268 e. The van der Waals surface area contributed by atoms with Crippen molar-refractivity contribution in [3.8, 4) is 0 Å². The zero-order valence-electron chi connectivity index (χ0n) is 13.9. The van der Waals surface area contributed by atoms with Gasteiger partial charge in [-0.05, 0) is 36.2 Å². The monoisotopic (exact) mass is 403 g/mol. The highest BCUT2D eigenvalue weighted by Crippen LogP contribution is 2.28. The van der Waals surface area contributed by atoms with Crippen molar-refractivity contribution >= 4 is 44.2 Å². The van der Waals surface area contributed by atoms with Crippen LogP contribution >= 0.6 is 11.6 Å². The van der Waals surface area contributed by atoms with Gasteiger partial charge in [-0.25, -0.2) is 13.6 Å². The molecule has 0 atom stereocenters. The average Bonchev–Trinajstić information content (AvgIpc) is 3.00. The number of primary sulfonamides is 1. The van der Waals surface area contributed by atoms with Gasteiger partial charge in [0, 0.05) is 28.6 Å². The van der Waals surface area contributed by atoms with E-state index >= 15 is 0 Å². The molecule has 1 aromatic heterocycles. The zero-order valence-corrected chi connectivity index (χ0v) is 15.4. The summed E-state index contributed by atoms with van der Waals surface area (Å²) in [7, 11) is -4.05. The van der Waals surface area contributed by atoms with Crippen molar-refractivity contribution in [2.45, 2.75) is 11.3 Å². The van der Waals surface area contributed by atoms with Crippen LogP contribution in [-0.2, 0) is 16.4 Å². The van der Waals surface area contributed by atoms with Crippen LogP contribution in [0.15, 0.2) is 41.3 Å². The summed E-state index contributed by atoms with van der Waals surface area (Å²) >= 11 is 5.87. The Morgan fingerprint density at radius 2 is 1.81 bits per heavy atom. The van der Waals surface area contributed by atoms with Gasteiger partial charge in [0.05, 0.1) is 5.02 Å². The fraction of sp³-hybridized carbons (Fsp3) is 0.111. The first kappa shape index (κ1) is 17.7. The van der Waals surface area contributed by atoms with Gasteiger partial charge in [0.15, 0.2) is 5.78 Å². The van der Waals surface area contributed by atoms with E-state index in [1.54, 1.807) is 18.2 Å². The maximum Gasteiger partial charge on any atom is 0.268 e. The van der Waals surface area contributed by atoms with Gasteiger partial charge in [-0.2, -0.15) is 0 Å². The molecule has 0 spiro atoms. The van der Waals surface area contributed by atoms with Crippen molar-refractivity contribution in [2.75, 3.05) is 6.54 Å². The molecular weight excluding hydrogens is 390 g/mol. The molecule has 1 aliphatic heterocycles. The first-order valence-electron chi connectivity index (χ1n) is 8.05. The van der Waals surface area contributed by atoms with E-state index in [-0.39, 0.29) is 27.2 Å². The highest BCUT2D eigenvalue weighted by atomic mass is 35.5. The molecule has 4 N–H and O–H groups in total. The van der Waals surface area contributed by atoms with Gasteiger partial charge in [-0.1, -0.05) is 23.7 Å². The maximum absolute atomic E-state index is 12.8. The van der Waals surface area contributed by atoms with Crippen molar-refractivity contribution in [3.63, 3.8) is 0 Å². The minimum Gasteiger partial charge on any atom is -0.350 e. The van der Waals surface area contributed by atoms with Gasteiger partial charge in [0.2, 0.25) is 10.0 Å². The number of rotatable bonds is 3. The summed E-state index contributed by atoms with van der Waals surface area (Å²) in [6, 6.07) is 9.01. The number of ketones is 1. The number of amides is 1. The van der Waals surface area contributed by atoms with E-state index in [1.165, 1.54) is 12.1 Å². The molecule has 3 aromatic rings. The van der Waals surface area contributed by atoms with Crippen LogP contribution < -0.4 is 10.5 Å². The Morgan fingerprint density at radius 1 is 1.11 bits per heavy atom. The minimum absolute atomic E-state index is 0.0486. The lowest BCUT2D eigenvalue weighted by molar-refractivity contribution is 0.0941. The number of aromatic nitrogens is 1. The summed E-state index contributed by atoms with van der Waals surface area (Å²) in [5.41, 5.74) is 2.60. The Hall–Kier alpha value is -2.68. The molecule has 0 radical (unpaired) electrons. The number of carbonyl (C=O) groups is 2. The molecule has 0 saturated heterocycles.